The molecule has 0 aliphatic heterocycles. The minimum atomic E-state index is 0.0625. The molecule has 1 aromatic carbocycles. The number of benzene rings is 1. The van der Waals surface area contributed by atoms with Gasteiger partial charge in [0.15, 0.2) is 0 Å². The van der Waals surface area contributed by atoms with E-state index >= 15 is 0 Å². The van der Waals surface area contributed by atoms with Crippen LogP contribution >= 0.6 is 22.9 Å². The second-order valence-electron chi connectivity index (χ2n) is 3.72. The zero-order valence-corrected chi connectivity index (χ0v) is 10.7. The summed E-state index contributed by atoms with van der Waals surface area (Å²) >= 11 is 7.39. The fraction of sp³-hybridized carbons (Fsp3) is 0.154. The standard InChI is InChI=1S/C13H11ClOS/c1-8-3-4-10(14)7-11(8)12(15)13-9(2)5-6-16-13/h3-7H,1-2H3. The first kappa shape index (κ1) is 11.4. The van der Waals surface area contributed by atoms with Crippen molar-refractivity contribution < 1.29 is 4.79 Å². The Labute approximate surface area is 104 Å². The van der Waals surface area contributed by atoms with Gasteiger partial charge >= 0.3 is 0 Å². The zero-order valence-electron chi connectivity index (χ0n) is 9.08. The van der Waals surface area contributed by atoms with Gasteiger partial charge in [-0.05, 0) is 48.6 Å². The Hall–Kier alpha value is -1.12. The van der Waals surface area contributed by atoms with Crippen LogP contribution in [-0.2, 0) is 0 Å². The molecular weight excluding hydrogens is 240 g/mol. The van der Waals surface area contributed by atoms with E-state index in [0.717, 1.165) is 16.0 Å². The molecule has 1 heterocycles. The molecule has 0 atom stereocenters. The van der Waals surface area contributed by atoms with Gasteiger partial charge in [-0.2, -0.15) is 0 Å². The summed E-state index contributed by atoms with van der Waals surface area (Å²) in [6, 6.07) is 7.36. The lowest BCUT2D eigenvalue weighted by Gasteiger charge is -2.04. The second kappa shape index (κ2) is 4.40. The van der Waals surface area contributed by atoms with Crippen molar-refractivity contribution in [2.75, 3.05) is 0 Å². The van der Waals surface area contributed by atoms with Crippen molar-refractivity contribution in [1.29, 1.82) is 0 Å². The van der Waals surface area contributed by atoms with Crippen molar-refractivity contribution in [3.05, 3.63) is 56.2 Å². The highest BCUT2D eigenvalue weighted by atomic mass is 35.5. The molecule has 0 amide bonds. The van der Waals surface area contributed by atoms with Crippen molar-refractivity contribution in [2.24, 2.45) is 0 Å². The number of thiophene rings is 1. The molecule has 0 radical (unpaired) electrons. The summed E-state index contributed by atoms with van der Waals surface area (Å²) in [7, 11) is 0. The maximum Gasteiger partial charge on any atom is 0.203 e. The van der Waals surface area contributed by atoms with Gasteiger partial charge in [-0.1, -0.05) is 17.7 Å². The molecule has 0 aliphatic rings. The fourth-order valence-electron chi connectivity index (χ4n) is 1.57. The Kier molecular flexibility index (Phi) is 3.13. The van der Waals surface area contributed by atoms with E-state index < -0.39 is 0 Å². The van der Waals surface area contributed by atoms with E-state index in [0.29, 0.717) is 10.6 Å². The third-order valence-corrected chi connectivity index (χ3v) is 3.76. The average molecular weight is 251 g/mol. The maximum absolute atomic E-state index is 12.3. The Morgan fingerprint density at radius 1 is 1.19 bits per heavy atom. The Balaban J connectivity index is 2.49. The van der Waals surface area contributed by atoms with Crippen LogP contribution in [0.4, 0.5) is 0 Å². The van der Waals surface area contributed by atoms with Gasteiger partial charge < -0.3 is 0 Å². The number of rotatable bonds is 2. The quantitative estimate of drug-likeness (QED) is 0.729. The summed E-state index contributed by atoms with van der Waals surface area (Å²) in [5.41, 5.74) is 2.68. The minimum absolute atomic E-state index is 0.0625. The minimum Gasteiger partial charge on any atom is -0.288 e. The Morgan fingerprint density at radius 3 is 2.56 bits per heavy atom. The van der Waals surface area contributed by atoms with E-state index in [2.05, 4.69) is 0 Å². The van der Waals surface area contributed by atoms with Gasteiger partial charge in [0.1, 0.15) is 0 Å². The summed E-state index contributed by atoms with van der Waals surface area (Å²) in [5.74, 6) is 0.0625. The molecule has 1 aromatic heterocycles. The number of carbonyl (C=O) groups excluding carboxylic acids is 1. The molecule has 2 aromatic rings. The molecular formula is C13H11ClOS. The molecule has 0 N–H and O–H groups in total. The molecule has 0 saturated carbocycles. The van der Waals surface area contributed by atoms with Crippen molar-refractivity contribution in [3.8, 4) is 0 Å². The van der Waals surface area contributed by atoms with Gasteiger partial charge in [-0.25, -0.2) is 0 Å². The Bertz CT molecular complexity index is 543. The number of hydrogen-bond donors (Lipinski definition) is 0. The van der Waals surface area contributed by atoms with Crippen molar-refractivity contribution >= 4 is 28.7 Å². The summed E-state index contributed by atoms with van der Waals surface area (Å²) in [6.07, 6.45) is 0. The van der Waals surface area contributed by atoms with E-state index in [9.17, 15) is 4.79 Å². The third-order valence-electron chi connectivity index (χ3n) is 2.51. The number of ketones is 1. The molecule has 3 heteroatoms. The Morgan fingerprint density at radius 2 is 1.94 bits per heavy atom. The predicted molar refractivity (Wildman–Crippen MR) is 68.7 cm³/mol. The predicted octanol–water partition coefficient (Wildman–Crippen LogP) is 4.25. The highest BCUT2D eigenvalue weighted by molar-refractivity contribution is 7.12. The summed E-state index contributed by atoms with van der Waals surface area (Å²) < 4.78 is 0. The van der Waals surface area contributed by atoms with Gasteiger partial charge in [-0.15, -0.1) is 11.3 Å². The summed E-state index contributed by atoms with van der Waals surface area (Å²) in [5, 5.41) is 2.53. The molecule has 1 nitrogen and oxygen atoms in total. The van der Waals surface area contributed by atoms with Gasteiger partial charge in [0.05, 0.1) is 4.88 Å². The van der Waals surface area contributed by atoms with E-state index in [-0.39, 0.29) is 5.78 Å². The molecule has 0 aliphatic carbocycles. The smallest absolute Gasteiger partial charge is 0.203 e. The highest BCUT2D eigenvalue weighted by Gasteiger charge is 2.15. The van der Waals surface area contributed by atoms with Crippen LogP contribution in [0.3, 0.4) is 0 Å². The van der Waals surface area contributed by atoms with E-state index in [1.807, 2.05) is 31.4 Å². The van der Waals surface area contributed by atoms with Gasteiger partial charge in [-0.3, -0.25) is 4.79 Å². The van der Waals surface area contributed by atoms with Crippen LogP contribution in [0.25, 0.3) is 0 Å². The SMILES string of the molecule is Cc1ccc(Cl)cc1C(=O)c1sccc1C. The molecule has 0 fully saturated rings. The topological polar surface area (TPSA) is 17.1 Å². The van der Waals surface area contributed by atoms with Crippen LogP contribution < -0.4 is 0 Å². The van der Waals surface area contributed by atoms with Crippen LogP contribution in [0.1, 0.15) is 26.4 Å². The lowest BCUT2D eigenvalue weighted by atomic mass is 10.0. The number of halogens is 1. The highest BCUT2D eigenvalue weighted by Crippen LogP contribution is 2.23. The molecule has 0 unspecified atom stereocenters. The van der Waals surface area contributed by atoms with Crippen molar-refractivity contribution in [2.45, 2.75) is 13.8 Å². The normalized spacial score (nSPS) is 10.4. The lowest BCUT2D eigenvalue weighted by molar-refractivity contribution is 0.104. The molecule has 16 heavy (non-hydrogen) atoms. The number of carbonyl (C=O) groups is 1. The van der Waals surface area contributed by atoms with Crippen LogP contribution in [0.2, 0.25) is 5.02 Å². The molecule has 2 rings (SSSR count). The van der Waals surface area contributed by atoms with Crippen LogP contribution in [-0.4, -0.2) is 5.78 Å². The zero-order chi connectivity index (χ0) is 11.7. The first-order valence-electron chi connectivity index (χ1n) is 4.94. The van der Waals surface area contributed by atoms with E-state index in [1.165, 1.54) is 11.3 Å². The monoisotopic (exact) mass is 250 g/mol. The second-order valence-corrected chi connectivity index (χ2v) is 5.07. The summed E-state index contributed by atoms with van der Waals surface area (Å²) in [6.45, 7) is 3.87. The first-order valence-corrected chi connectivity index (χ1v) is 6.20. The largest absolute Gasteiger partial charge is 0.288 e. The van der Waals surface area contributed by atoms with Crippen molar-refractivity contribution in [1.82, 2.24) is 0 Å². The maximum atomic E-state index is 12.3. The van der Waals surface area contributed by atoms with E-state index in [1.54, 1.807) is 12.1 Å². The van der Waals surface area contributed by atoms with Gasteiger partial charge in [0, 0.05) is 10.6 Å². The van der Waals surface area contributed by atoms with Crippen LogP contribution in [0.5, 0.6) is 0 Å². The molecule has 0 bridgehead atoms. The average Bonchev–Trinajstić information content (AvgIpc) is 2.67. The number of aryl methyl sites for hydroxylation is 2. The third kappa shape index (κ3) is 2.04. The van der Waals surface area contributed by atoms with Crippen LogP contribution in [0.15, 0.2) is 29.6 Å². The summed E-state index contributed by atoms with van der Waals surface area (Å²) in [4.78, 5) is 13.0. The van der Waals surface area contributed by atoms with Crippen LogP contribution in [0, 0.1) is 13.8 Å². The van der Waals surface area contributed by atoms with Crippen molar-refractivity contribution in [3.63, 3.8) is 0 Å². The van der Waals surface area contributed by atoms with Gasteiger partial charge in [0.25, 0.3) is 0 Å². The lowest BCUT2D eigenvalue weighted by Crippen LogP contribution is -2.02. The number of hydrogen-bond acceptors (Lipinski definition) is 2. The molecule has 82 valence electrons. The fourth-order valence-corrected chi connectivity index (χ4v) is 2.62. The van der Waals surface area contributed by atoms with E-state index in [4.69, 9.17) is 11.6 Å². The molecule has 0 saturated heterocycles. The molecule has 0 spiro atoms. The van der Waals surface area contributed by atoms with Gasteiger partial charge in [0.2, 0.25) is 5.78 Å². The first-order chi connectivity index (χ1) is 7.59.